The summed E-state index contributed by atoms with van der Waals surface area (Å²) in [6.45, 7) is 13.5. The second-order valence-electron chi connectivity index (χ2n) is 33.1. The third kappa shape index (κ3) is 29.6. The van der Waals surface area contributed by atoms with E-state index < -0.39 is 192 Å². The molecule has 4 unspecified atom stereocenters. The van der Waals surface area contributed by atoms with Crippen molar-refractivity contribution in [3.05, 3.63) is 11.9 Å². The molecule has 5 fully saturated rings. The van der Waals surface area contributed by atoms with Crippen LogP contribution in [0.15, 0.2) is 6.20 Å². The van der Waals surface area contributed by atoms with Gasteiger partial charge < -0.3 is 111 Å². The number of aliphatic carboxylic acids is 1. The molecule has 2 aliphatic carbocycles. The van der Waals surface area contributed by atoms with Crippen molar-refractivity contribution in [2.75, 3.05) is 26.3 Å². The number of rotatable bonds is 18. The van der Waals surface area contributed by atoms with Crippen molar-refractivity contribution in [2.45, 2.75) is 331 Å². The highest BCUT2D eigenvalue weighted by atomic mass is 16.4. The van der Waals surface area contributed by atoms with Gasteiger partial charge in [0, 0.05) is 44.8 Å². The number of amides is 12. The van der Waals surface area contributed by atoms with E-state index in [-0.39, 0.29) is 94.0 Å². The third-order valence-electron chi connectivity index (χ3n) is 22.7. The van der Waals surface area contributed by atoms with E-state index in [0.717, 1.165) is 19.4 Å². The summed E-state index contributed by atoms with van der Waals surface area (Å²) in [6, 6.07) is -16.5. The highest BCUT2D eigenvalue weighted by Gasteiger charge is 2.44. The minimum Gasteiger partial charge on any atom is -0.481 e. The Morgan fingerprint density at radius 1 is 0.522 bits per heavy atom. The lowest BCUT2D eigenvalue weighted by atomic mass is 9.82. The van der Waals surface area contributed by atoms with Gasteiger partial charge in [0.05, 0.1) is 36.3 Å². The number of aryl methyl sites for hydroxylation is 2. The smallest absolute Gasteiger partial charge is 0.303 e. The van der Waals surface area contributed by atoms with Crippen molar-refractivity contribution in [2.24, 2.45) is 34.8 Å². The van der Waals surface area contributed by atoms with Crippen LogP contribution in [0.2, 0.25) is 0 Å². The number of aromatic nitrogens is 3. The molecule has 2 bridgehead atoms. The van der Waals surface area contributed by atoms with Crippen LogP contribution in [0.25, 0.3) is 0 Å². The summed E-state index contributed by atoms with van der Waals surface area (Å²) >= 11 is 0. The number of nitrogens with two attached hydrogens (primary N) is 1. The van der Waals surface area contributed by atoms with Crippen LogP contribution in [0, 0.1) is 29.1 Å². The van der Waals surface area contributed by atoms with Crippen molar-refractivity contribution in [3.8, 4) is 0 Å². The summed E-state index contributed by atoms with van der Waals surface area (Å²) in [4.78, 5) is 186. The molecule has 12 amide bonds. The van der Waals surface area contributed by atoms with E-state index in [1.165, 1.54) is 13.8 Å². The number of hydrogen-bond donors (Lipinski definition) is 21. The fourth-order valence-electron chi connectivity index (χ4n) is 16.1. The Morgan fingerprint density at radius 2 is 1.01 bits per heavy atom. The normalized spacial score (nSPS) is 32.6. The van der Waals surface area contributed by atoms with Crippen LogP contribution in [0.1, 0.15) is 221 Å². The largest absolute Gasteiger partial charge is 0.481 e. The van der Waals surface area contributed by atoms with Crippen LogP contribution in [0.5, 0.6) is 0 Å². The molecule has 4 aliphatic heterocycles. The van der Waals surface area contributed by atoms with Gasteiger partial charge >= 0.3 is 5.97 Å². The van der Waals surface area contributed by atoms with Gasteiger partial charge in [0.2, 0.25) is 70.9 Å². The number of aliphatic hydroxyl groups excluding tert-OH is 4. The Kier molecular flexibility index (Phi) is 36.9. The lowest BCUT2D eigenvalue weighted by molar-refractivity contribution is -0.139. The fraction of sp³-hybridized carbons (Fsp3) is 0.803. The molecule has 6 aliphatic rings. The Balaban J connectivity index is 1.21. The standard InChI is InChI=1S/C76H129N19O18/c1-8-15-52-66(104)85-54(29-30-60(101)102)67(105)86-55(33-43-21-25-48(98)26-22-43)69(107)84-53(16-9-2)68(106)91-61(41(3)96)73(111)82-51(64(77)103)19-13-17-46-39-95(94-93-46)32-12-10-11-20-59(100)90-63(76(5,6)7)75(113)89-56(34-44-23-27-49(99)28-24-44)70(108)87-58(36-47-38-78-40-81-47)72(110)92-62(42(4)97)74(112)88-57(71(109)83-52)35-45-37-80-65-50(45)18-14-31-79-65/h39,41-45,47-58,61-63,65,78-81,96-99H,8-38,40H2,1-7H3,(H2,77,103)(H,82,111)(H,83,109)(H,84,107)(H,85,104)(H,86,105)(H,87,108)(H,88,112)(H,89,113)(H,90,100)(H,91,106)(H,92,110)(H,101,102)/t41-,42-,43?,44?,45?,47?,48?,49?,50?,51+,52+,53+,54+,55+,56+,57+,58+,61+,62+,63-,65?/m1/s1. The zero-order valence-electron chi connectivity index (χ0n) is 66.8. The van der Waals surface area contributed by atoms with Crippen molar-refractivity contribution < 1.29 is 87.9 Å². The zero-order valence-corrected chi connectivity index (χ0v) is 66.8. The molecule has 22 N–H and O–H groups in total. The highest BCUT2D eigenvalue weighted by Crippen LogP contribution is 2.33. The first-order valence-corrected chi connectivity index (χ1v) is 41.1. The van der Waals surface area contributed by atoms with Gasteiger partial charge in [0.15, 0.2) is 0 Å². The molecule has 0 spiro atoms. The summed E-state index contributed by atoms with van der Waals surface area (Å²) in [5, 5.41) is 105. The number of carboxylic acid groups (broad SMARTS) is 1. The van der Waals surface area contributed by atoms with Gasteiger partial charge in [0.1, 0.15) is 66.5 Å². The molecule has 37 nitrogen and oxygen atoms in total. The fourth-order valence-corrected chi connectivity index (χ4v) is 16.1. The minimum absolute atomic E-state index is 0.0112. The lowest BCUT2D eigenvalue weighted by Gasteiger charge is -2.34. The van der Waals surface area contributed by atoms with Crippen LogP contribution < -0.4 is 85.5 Å². The topological polar surface area (TPSA) is 560 Å². The number of aliphatic hydroxyl groups is 4. The number of carboxylic acids is 1. The molecule has 7 rings (SSSR count). The van der Waals surface area contributed by atoms with Gasteiger partial charge in [-0.25, -0.2) is 0 Å². The number of piperidine rings is 1. The molecule has 17 atom stereocenters. The van der Waals surface area contributed by atoms with Gasteiger partial charge in [-0.15, -0.1) is 5.10 Å². The minimum atomic E-state index is -1.78. The van der Waals surface area contributed by atoms with Gasteiger partial charge in [-0.2, -0.15) is 0 Å². The van der Waals surface area contributed by atoms with Crippen LogP contribution in [-0.4, -0.2) is 247 Å². The summed E-state index contributed by atoms with van der Waals surface area (Å²) in [5.74, 6) is -12.3. The lowest BCUT2D eigenvalue weighted by Crippen LogP contribution is -2.63. The Labute approximate surface area is 661 Å². The predicted molar refractivity (Wildman–Crippen MR) is 412 cm³/mol. The van der Waals surface area contributed by atoms with Crippen LogP contribution in [0.3, 0.4) is 0 Å². The molecule has 636 valence electrons. The predicted octanol–water partition coefficient (Wildman–Crippen LogP) is -3.01. The Bertz CT molecular complexity index is 3340. The van der Waals surface area contributed by atoms with Crippen LogP contribution in [0.4, 0.5) is 0 Å². The van der Waals surface area contributed by atoms with E-state index in [1.54, 1.807) is 45.5 Å². The molecule has 0 aromatic carbocycles. The molecule has 37 heteroatoms. The third-order valence-corrected chi connectivity index (χ3v) is 22.7. The molecule has 1 aromatic heterocycles. The molecular formula is C76H129N19O18. The summed E-state index contributed by atoms with van der Waals surface area (Å²) in [5.41, 5.74) is 5.45. The van der Waals surface area contributed by atoms with Crippen molar-refractivity contribution in [1.29, 1.82) is 0 Å². The number of hydrogen-bond acceptors (Lipinski definition) is 23. The molecule has 0 radical (unpaired) electrons. The molecule has 113 heavy (non-hydrogen) atoms. The summed E-state index contributed by atoms with van der Waals surface area (Å²) < 4.78 is 1.62. The number of carbonyl (C=O) groups excluding carboxylic acids is 12. The van der Waals surface area contributed by atoms with E-state index in [4.69, 9.17) is 5.73 Å². The number of primary amides is 1. The molecule has 3 saturated heterocycles. The Morgan fingerprint density at radius 3 is 1.52 bits per heavy atom. The average molecular weight is 1600 g/mol. The number of carbonyl (C=O) groups is 13. The second kappa shape index (κ2) is 45.3. The van der Waals surface area contributed by atoms with Gasteiger partial charge in [-0.1, -0.05) is 59.1 Å². The summed E-state index contributed by atoms with van der Waals surface area (Å²) in [7, 11) is 0. The number of nitrogens with zero attached hydrogens (tertiary/aromatic N) is 3. The second-order valence-corrected chi connectivity index (χ2v) is 33.1. The zero-order chi connectivity index (χ0) is 82.6. The maximum Gasteiger partial charge on any atom is 0.303 e. The van der Waals surface area contributed by atoms with Gasteiger partial charge in [-0.05, 0) is 197 Å². The van der Waals surface area contributed by atoms with Crippen molar-refractivity contribution >= 4 is 76.9 Å². The maximum absolute atomic E-state index is 15.2. The van der Waals surface area contributed by atoms with Crippen molar-refractivity contribution in [3.63, 3.8) is 0 Å². The van der Waals surface area contributed by atoms with E-state index in [9.17, 15) is 78.3 Å². The monoisotopic (exact) mass is 1600 g/mol. The van der Waals surface area contributed by atoms with Crippen LogP contribution >= 0.6 is 0 Å². The Hall–Kier alpha value is -8.07. The number of nitrogens with one attached hydrogen (secondary N) is 15. The first-order valence-electron chi connectivity index (χ1n) is 41.1. The SMILES string of the molecule is CCC[C@@H]1NC(=O)[C@H](CC2CNC3NCCCC23)NC(=O)[C@H]([C@@H](C)O)NC(=O)[C@H](CC2CNCN2)NC(=O)[C@H](CC2CCC(O)CC2)NC(=O)[C@H](C(C)(C)C)NC(=O)CCCCCn2cc(nn2)CCC[C@@H](C(N)=O)NC(=O)[C@H]([C@@H](C)O)NC(=O)[C@H](CCC)NC(=O)[C@H](CC2CCC(O)CC2)NC(=O)[C@H](CCC(=O)O)NC1=O. The van der Waals surface area contributed by atoms with Gasteiger partial charge in [0.25, 0.3) is 0 Å². The molecule has 5 heterocycles. The van der Waals surface area contributed by atoms with E-state index in [1.807, 2.05) is 0 Å². The van der Waals surface area contributed by atoms with Gasteiger partial charge in [-0.3, -0.25) is 67.0 Å². The molecular weight excluding hydrogens is 1470 g/mol. The average Bonchev–Trinajstić information content (AvgIpc) is 1.58. The first kappa shape index (κ1) is 92.1. The van der Waals surface area contributed by atoms with E-state index in [2.05, 4.69) is 90.1 Å². The highest BCUT2D eigenvalue weighted by molar-refractivity contribution is 6.00. The molecule has 2 saturated carbocycles. The quantitative estimate of drug-likeness (QED) is 0.0696. The maximum atomic E-state index is 15.2. The number of fused-ring (bicyclic) bond motifs is 3. The molecule has 1 aromatic rings. The first-order chi connectivity index (χ1) is 53.7. The van der Waals surface area contributed by atoms with E-state index in [0.29, 0.717) is 115 Å². The van der Waals surface area contributed by atoms with Crippen molar-refractivity contribution in [1.82, 2.24) is 94.7 Å². The van der Waals surface area contributed by atoms with Crippen LogP contribution in [-0.2, 0) is 75.3 Å². The summed E-state index contributed by atoms with van der Waals surface area (Å²) in [6.07, 6.45) is 3.77. The van der Waals surface area contributed by atoms with E-state index >= 15 is 9.59 Å².